The van der Waals surface area contributed by atoms with Crippen LogP contribution in [0, 0.1) is 0 Å². The fourth-order valence-electron chi connectivity index (χ4n) is 3.42. The van der Waals surface area contributed by atoms with Crippen molar-refractivity contribution in [1.82, 2.24) is 4.31 Å². The number of nitrogens with zero attached hydrogens (tertiary/aromatic N) is 2. The van der Waals surface area contributed by atoms with Gasteiger partial charge in [-0.3, -0.25) is 4.99 Å². The Kier molecular flexibility index (Phi) is 8.85. The number of methoxy groups -OCH3 is 1. The minimum atomic E-state index is -3.92. The van der Waals surface area contributed by atoms with Crippen molar-refractivity contribution in [2.45, 2.75) is 18.0 Å². The van der Waals surface area contributed by atoms with E-state index in [0.717, 1.165) is 0 Å². The van der Waals surface area contributed by atoms with Crippen LogP contribution in [0.3, 0.4) is 0 Å². The highest BCUT2D eigenvalue weighted by Crippen LogP contribution is 2.29. The van der Waals surface area contributed by atoms with Gasteiger partial charge >= 0.3 is 0 Å². The van der Waals surface area contributed by atoms with E-state index in [2.05, 4.69) is 4.99 Å². The van der Waals surface area contributed by atoms with Crippen LogP contribution in [0.1, 0.15) is 17.1 Å². The zero-order valence-corrected chi connectivity index (χ0v) is 23.2. The molecule has 0 saturated carbocycles. The number of aliphatic imine (C=N–C) groups is 1. The SMILES string of the molecule is COc1ccc(N=Cc2ccc(CN(Cc3ccc(Cl)c(Cl)c3)S(=O)(=O)c3ccc(Cl)cc3)o2)cc1Cl. The Labute approximate surface area is 235 Å². The predicted octanol–water partition coefficient (Wildman–Crippen LogP) is 8.04. The maximum Gasteiger partial charge on any atom is 0.243 e. The maximum atomic E-state index is 13.5. The second kappa shape index (κ2) is 11.9. The second-order valence-corrected chi connectivity index (χ2v) is 11.5. The Balaban J connectivity index is 1.59. The van der Waals surface area contributed by atoms with E-state index in [1.54, 1.807) is 48.5 Å². The minimum Gasteiger partial charge on any atom is -0.495 e. The van der Waals surface area contributed by atoms with E-state index in [4.69, 9.17) is 55.6 Å². The molecule has 0 N–H and O–H groups in total. The van der Waals surface area contributed by atoms with Crippen LogP contribution in [0.4, 0.5) is 5.69 Å². The fraction of sp³-hybridized carbons (Fsp3) is 0.115. The van der Waals surface area contributed by atoms with Gasteiger partial charge in [0.1, 0.15) is 17.3 Å². The molecule has 3 aromatic carbocycles. The van der Waals surface area contributed by atoms with Crippen LogP contribution in [0.15, 0.2) is 87.1 Å². The van der Waals surface area contributed by atoms with Gasteiger partial charge < -0.3 is 9.15 Å². The normalized spacial score (nSPS) is 11.9. The van der Waals surface area contributed by atoms with Crippen molar-refractivity contribution in [2.24, 2.45) is 4.99 Å². The standard InChI is InChI=1S/C26H20Cl4N2O4S/c1-35-26-11-5-19(13-25(26)30)31-14-20-6-7-21(36-20)16-32(15-17-2-10-23(28)24(29)12-17)37(33,34)22-8-3-18(27)4-9-22/h2-14H,15-16H2,1H3. The van der Waals surface area contributed by atoms with Gasteiger partial charge in [-0.1, -0.05) is 52.5 Å². The first-order valence-corrected chi connectivity index (χ1v) is 13.8. The van der Waals surface area contributed by atoms with Crippen molar-refractivity contribution in [3.05, 3.63) is 110 Å². The van der Waals surface area contributed by atoms with Crippen molar-refractivity contribution in [2.75, 3.05) is 7.11 Å². The zero-order valence-electron chi connectivity index (χ0n) is 19.4. The van der Waals surface area contributed by atoms with Gasteiger partial charge in [-0.25, -0.2) is 8.42 Å². The summed E-state index contributed by atoms with van der Waals surface area (Å²) < 4.78 is 39.4. The van der Waals surface area contributed by atoms with Crippen LogP contribution in [0.5, 0.6) is 5.75 Å². The number of benzene rings is 3. The Morgan fingerprint density at radius 1 is 0.865 bits per heavy atom. The summed E-state index contributed by atoms with van der Waals surface area (Å²) in [6.45, 7) is 0.00370. The molecule has 0 aliphatic heterocycles. The molecule has 0 atom stereocenters. The smallest absolute Gasteiger partial charge is 0.243 e. The molecule has 0 bridgehead atoms. The lowest BCUT2D eigenvalue weighted by atomic mass is 10.2. The molecule has 0 fully saturated rings. The van der Waals surface area contributed by atoms with Crippen LogP contribution in [-0.2, 0) is 23.1 Å². The Morgan fingerprint density at radius 2 is 1.62 bits per heavy atom. The summed E-state index contributed by atoms with van der Waals surface area (Å²) >= 11 is 24.3. The monoisotopic (exact) mass is 596 g/mol. The summed E-state index contributed by atoms with van der Waals surface area (Å²) in [6.07, 6.45) is 1.53. The minimum absolute atomic E-state index is 0.0343. The van der Waals surface area contributed by atoms with Crippen LogP contribution >= 0.6 is 46.4 Å². The number of ether oxygens (including phenoxy) is 1. The fourth-order valence-corrected chi connectivity index (χ4v) is 5.51. The first kappa shape index (κ1) is 27.5. The second-order valence-electron chi connectivity index (χ2n) is 7.86. The molecule has 0 radical (unpaired) electrons. The number of furan rings is 1. The highest BCUT2D eigenvalue weighted by atomic mass is 35.5. The molecule has 4 aromatic rings. The highest BCUT2D eigenvalue weighted by Gasteiger charge is 2.26. The first-order valence-electron chi connectivity index (χ1n) is 10.8. The van der Waals surface area contributed by atoms with Gasteiger partial charge in [0, 0.05) is 11.6 Å². The number of hydrogen-bond acceptors (Lipinski definition) is 5. The van der Waals surface area contributed by atoms with E-state index >= 15 is 0 Å². The molecule has 4 rings (SSSR count). The molecule has 0 aliphatic carbocycles. The number of hydrogen-bond donors (Lipinski definition) is 0. The summed E-state index contributed by atoms with van der Waals surface area (Å²) in [5.41, 5.74) is 1.27. The predicted molar refractivity (Wildman–Crippen MR) is 148 cm³/mol. The van der Waals surface area contributed by atoms with Gasteiger partial charge in [0.25, 0.3) is 0 Å². The lowest BCUT2D eigenvalue weighted by molar-refractivity contribution is 0.357. The van der Waals surface area contributed by atoms with Crippen molar-refractivity contribution < 1.29 is 17.6 Å². The molecule has 0 amide bonds. The van der Waals surface area contributed by atoms with Crippen LogP contribution in [-0.4, -0.2) is 26.0 Å². The van der Waals surface area contributed by atoms with E-state index < -0.39 is 10.0 Å². The third kappa shape index (κ3) is 6.87. The summed E-state index contributed by atoms with van der Waals surface area (Å²) in [5, 5.41) is 1.58. The molecule has 0 unspecified atom stereocenters. The summed E-state index contributed by atoms with van der Waals surface area (Å²) in [5.74, 6) is 1.41. The van der Waals surface area contributed by atoms with Crippen molar-refractivity contribution >= 4 is 68.3 Å². The molecule has 0 aliphatic rings. The molecule has 1 heterocycles. The van der Waals surface area contributed by atoms with Gasteiger partial charge in [0.05, 0.1) is 45.5 Å². The van der Waals surface area contributed by atoms with E-state index in [1.165, 1.54) is 41.9 Å². The number of rotatable bonds is 9. The first-order chi connectivity index (χ1) is 17.7. The van der Waals surface area contributed by atoms with Gasteiger partial charge in [0.15, 0.2) is 0 Å². The molecule has 1 aromatic heterocycles. The number of sulfonamides is 1. The summed E-state index contributed by atoms with van der Waals surface area (Å²) in [7, 11) is -2.38. The van der Waals surface area contributed by atoms with Crippen LogP contribution in [0.2, 0.25) is 20.1 Å². The lowest BCUT2D eigenvalue weighted by Gasteiger charge is -2.22. The van der Waals surface area contributed by atoms with E-state index in [9.17, 15) is 8.42 Å². The molecule has 0 saturated heterocycles. The van der Waals surface area contributed by atoms with Crippen molar-refractivity contribution in [3.63, 3.8) is 0 Å². The quantitative estimate of drug-likeness (QED) is 0.183. The lowest BCUT2D eigenvalue weighted by Crippen LogP contribution is -2.30. The topological polar surface area (TPSA) is 72.1 Å². The van der Waals surface area contributed by atoms with Gasteiger partial charge in [-0.05, 0) is 72.3 Å². The third-order valence-corrected chi connectivity index (χ3v) is 8.38. The van der Waals surface area contributed by atoms with E-state index in [1.807, 2.05) is 0 Å². The molecule has 0 spiro atoms. The Hall–Kier alpha value is -2.52. The van der Waals surface area contributed by atoms with Gasteiger partial charge in [-0.2, -0.15) is 4.31 Å². The highest BCUT2D eigenvalue weighted by molar-refractivity contribution is 7.89. The number of halogens is 4. The maximum absolute atomic E-state index is 13.5. The average molecular weight is 598 g/mol. The molecule has 11 heteroatoms. The van der Waals surface area contributed by atoms with E-state index in [0.29, 0.717) is 48.6 Å². The van der Waals surface area contributed by atoms with Crippen molar-refractivity contribution in [1.29, 1.82) is 0 Å². The molecule has 37 heavy (non-hydrogen) atoms. The largest absolute Gasteiger partial charge is 0.495 e. The molecular formula is C26H20Cl4N2O4S. The van der Waals surface area contributed by atoms with E-state index in [-0.39, 0.29) is 18.0 Å². The Morgan fingerprint density at radius 3 is 2.30 bits per heavy atom. The molecular weight excluding hydrogens is 578 g/mol. The van der Waals surface area contributed by atoms with Crippen LogP contribution in [0.25, 0.3) is 0 Å². The van der Waals surface area contributed by atoms with Gasteiger partial charge in [-0.15, -0.1) is 0 Å². The average Bonchev–Trinajstić information content (AvgIpc) is 3.32. The van der Waals surface area contributed by atoms with Gasteiger partial charge in [0.2, 0.25) is 10.0 Å². The summed E-state index contributed by atoms with van der Waals surface area (Å²) in [6, 6.07) is 19.5. The zero-order chi connectivity index (χ0) is 26.6. The summed E-state index contributed by atoms with van der Waals surface area (Å²) in [4.78, 5) is 4.46. The third-order valence-electron chi connectivity index (χ3n) is 5.29. The molecule has 6 nitrogen and oxygen atoms in total. The Bertz CT molecular complexity index is 1540. The molecule has 192 valence electrons. The van der Waals surface area contributed by atoms with Crippen LogP contribution < -0.4 is 4.74 Å². The van der Waals surface area contributed by atoms with Crippen molar-refractivity contribution in [3.8, 4) is 5.75 Å².